The Labute approximate surface area is 585 Å². The largest absolute Gasteiger partial charge is 0.493 e. The summed E-state index contributed by atoms with van der Waals surface area (Å²) in [6.07, 6.45) is 20.6. The standard InChI is InChI=1S/C20H24O.C17H19N.C14H21N.C13H19N.C12H17NO.C12H17NS/c1-12-10-18(15(4)14(3)13(12)2)19-11-21-20-9-7-6-8-17(20)16(19)5;1-11-8-17(13(3)18-10-11)16-9-14-6-4-5-7-15(14)12(16)2;1-10-8-14(12(3)15-9-10)13-7-5-4-6-11(13)2;1-9-7-13(11(3)14-8-9)12-6-4-5-10(12)2;2*1-8-4-11(10(3)13-5-8)12-7-14-6-9(12)2/h6-10,16,19H,11H2,1-5H3;4-8,10,12,16H,9H2,1-3H3;8-9,11,13H,4-7H2,1-3H3;7-8,10,12H,4-6H2,1-3H3;2*4-5,9,12H,6-7H2,1-3H3/t16-,19?;12-,16?;11-,13?;10-,12?;2*9-,12?/m111111/s1. The molecule has 3 aliphatic heterocycles. The Morgan fingerprint density at radius 1 is 0.344 bits per heavy atom. The van der Waals surface area contributed by atoms with Crippen LogP contribution in [0.2, 0.25) is 0 Å². The van der Waals surface area contributed by atoms with Gasteiger partial charge in [-0.25, -0.2) is 0 Å². The van der Waals surface area contributed by atoms with E-state index in [-0.39, 0.29) is 0 Å². The van der Waals surface area contributed by atoms with Crippen LogP contribution in [0.3, 0.4) is 0 Å². The van der Waals surface area contributed by atoms with Crippen LogP contribution < -0.4 is 4.74 Å². The number of benzene rings is 3. The Kier molecular flexibility index (Phi) is 26.0. The van der Waals surface area contributed by atoms with Gasteiger partial charge in [0.15, 0.2) is 0 Å². The second-order valence-electron chi connectivity index (χ2n) is 30.3. The third-order valence-corrected chi connectivity index (χ3v) is 24.3. The third kappa shape index (κ3) is 18.0. The minimum Gasteiger partial charge on any atom is -0.493 e. The van der Waals surface area contributed by atoms with Crippen molar-refractivity contribution < 1.29 is 9.47 Å². The van der Waals surface area contributed by atoms with Gasteiger partial charge >= 0.3 is 0 Å². The fraction of sp³-hybridized carbons (Fsp3) is 0.511. The highest BCUT2D eigenvalue weighted by Crippen LogP contribution is 2.47. The maximum absolute atomic E-state index is 6.03. The summed E-state index contributed by atoms with van der Waals surface area (Å²) < 4.78 is 11.5. The number of nitrogens with zero attached hydrogens (tertiary/aromatic N) is 5. The van der Waals surface area contributed by atoms with E-state index in [4.69, 9.17) is 9.47 Å². The summed E-state index contributed by atoms with van der Waals surface area (Å²) in [7, 11) is 0. The highest BCUT2D eigenvalue weighted by atomic mass is 32.2. The molecule has 4 fully saturated rings. The second-order valence-corrected chi connectivity index (χ2v) is 31.3. The topological polar surface area (TPSA) is 82.9 Å². The number of aryl methyl sites for hydroxylation is 11. The second kappa shape index (κ2) is 33.9. The highest BCUT2D eigenvalue weighted by molar-refractivity contribution is 7.99. The molecule has 5 aromatic heterocycles. The van der Waals surface area contributed by atoms with Crippen LogP contribution in [0.5, 0.6) is 5.75 Å². The number of para-hydroxylation sites is 1. The molecule has 0 amide bonds. The molecule has 3 aliphatic carbocycles. The number of pyridine rings is 5. The minimum absolute atomic E-state index is 0.442. The zero-order valence-corrected chi connectivity index (χ0v) is 63.4. The molecule has 14 rings (SSSR count). The van der Waals surface area contributed by atoms with Crippen LogP contribution in [-0.4, -0.2) is 56.2 Å². The first kappa shape index (κ1) is 73.8. The number of rotatable bonds is 6. The van der Waals surface area contributed by atoms with E-state index in [0.29, 0.717) is 35.5 Å². The summed E-state index contributed by atoms with van der Waals surface area (Å²) in [6.45, 7) is 46.8. The molecule has 0 bridgehead atoms. The molecule has 0 N–H and O–H groups in total. The van der Waals surface area contributed by atoms with Gasteiger partial charge in [0.05, 0.1) is 13.2 Å². The quantitative estimate of drug-likeness (QED) is 0.163. The van der Waals surface area contributed by atoms with Crippen LogP contribution in [-0.2, 0) is 11.2 Å². The molecule has 8 heterocycles. The average Bonchev–Trinajstić information content (AvgIpc) is 1.39. The maximum Gasteiger partial charge on any atom is 0.122 e. The van der Waals surface area contributed by atoms with Crippen molar-refractivity contribution in [2.45, 2.75) is 237 Å². The van der Waals surface area contributed by atoms with E-state index in [1.54, 1.807) is 0 Å². The van der Waals surface area contributed by atoms with Gasteiger partial charge < -0.3 is 9.47 Å². The van der Waals surface area contributed by atoms with Gasteiger partial charge in [-0.2, -0.15) is 11.8 Å². The summed E-state index contributed by atoms with van der Waals surface area (Å²) in [5.41, 5.74) is 31.2. The predicted molar refractivity (Wildman–Crippen MR) is 406 cm³/mol. The number of hydrogen-bond acceptors (Lipinski definition) is 8. The van der Waals surface area contributed by atoms with E-state index >= 15 is 0 Å². The Morgan fingerprint density at radius 2 is 0.781 bits per heavy atom. The van der Waals surface area contributed by atoms with Gasteiger partial charge in [-0.15, -0.1) is 0 Å². The molecular weight excluding hydrogens is 1190 g/mol. The first-order valence-corrected chi connectivity index (χ1v) is 37.7. The Bertz CT molecular complexity index is 3730. The van der Waals surface area contributed by atoms with Crippen molar-refractivity contribution in [2.75, 3.05) is 31.3 Å². The molecule has 8 heteroatoms. The van der Waals surface area contributed by atoms with E-state index < -0.39 is 0 Å². The molecule has 0 radical (unpaired) electrons. The summed E-state index contributed by atoms with van der Waals surface area (Å²) >= 11 is 2.07. The maximum atomic E-state index is 6.03. The van der Waals surface area contributed by atoms with Crippen LogP contribution in [0.4, 0.5) is 0 Å². The van der Waals surface area contributed by atoms with Crippen molar-refractivity contribution in [1.29, 1.82) is 0 Å². The van der Waals surface area contributed by atoms with E-state index in [1.165, 1.54) is 179 Å². The molecule has 7 nitrogen and oxygen atoms in total. The SMILES string of the molecule is Cc1cc(C2COc3ccccc3[C@H]2C)c(C)c(C)c1C.Cc1cnc(C)c(C2CCCC[C@H]2C)c1.Cc1cnc(C)c(C2CCC[C@H]2C)c1.Cc1cnc(C)c(C2COC[C@H]2C)c1.Cc1cnc(C)c(C2CSC[C@H]2C)c1.Cc1cnc(C)c(C2Cc3ccccc3[C@H]2C)c1. The molecule has 6 unspecified atom stereocenters. The van der Waals surface area contributed by atoms with Gasteiger partial charge in [0.25, 0.3) is 0 Å². The molecule has 8 aromatic rings. The smallest absolute Gasteiger partial charge is 0.122 e. The number of hydrogen-bond donors (Lipinski definition) is 0. The lowest BCUT2D eigenvalue weighted by molar-refractivity contribution is 0.186. The molecule has 6 aliphatic rings. The van der Waals surface area contributed by atoms with Crippen LogP contribution in [0.25, 0.3) is 0 Å². The molecule has 2 saturated carbocycles. The van der Waals surface area contributed by atoms with Gasteiger partial charge in [0.2, 0.25) is 0 Å². The van der Waals surface area contributed by atoms with Crippen LogP contribution in [0.15, 0.2) is 116 Å². The van der Waals surface area contributed by atoms with Crippen molar-refractivity contribution in [1.82, 2.24) is 24.9 Å². The van der Waals surface area contributed by atoms with E-state index in [2.05, 4.69) is 260 Å². The van der Waals surface area contributed by atoms with E-state index in [0.717, 1.165) is 73.2 Å². The zero-order chi connectivity index (χ0) is 69.1. The molecule has 0 spiro atoms. The highest BCUT2D eigenvalue weighted by Gasteiger charge is 2.34. The minimum atomic E-state index is 0.442. The molecule has 2 saturated heterocycles. The lowest BCUT2D eigenvalue weighted by Gasteiger charge is -2.33. The fourth-order valence-corrected chi connectivity index (χ4v) is 17.9. The van der Waals surface area contributed by atoms with Crippen LogP contribution in [0, 0.1) is 121 Å². The molecule has 12 atom stereocenters. The third-order valence-electron chi connectivity index (χ3n) is 23.0. The van der Waals surface area contributed by atoms with Gasteiger partial charge in [-0.1, -0.05) is 153 Å². The van der Waals surface area contributed by atoms with Gasteiger partial charge in [-0.05, 0) is 287 Å². The van der Waals surface area contributed by atoms with Gasteiger partial charge in [0.1, 0.15) is 5.75 Å². The van der Waals surface area contributed by atoms with Crippen LogP contribution in [0.1, 0.15) is 262 Å². The number of ether oxygens (including phenoxy) is 2. The number of thioether (sulfide) groups is 1. The molecule has 512 valence electrons. The fourth-order valence-electron chi connectivity index (χ4n) is 16.4. The lowest BCUT2D eigenvalue weighted by atomic mass is 9.76. The van der Waals surface area contributed by atoms with Crippen LogP contribution >= 0.6 is 11.8 Å². The van der Waals surface area contributed by atoms with E-state index in [9.17, 15) is 0 Å². The van der Waals surface area contributed by atoms with Gasteiger partial charge in [0, 0.05) is 83.6 Å². The average molecular weight is 1310 g/mol. The summed E-state index contributed by atoms with van der Waals surface area (Å²) in [6, 6.07) is 31.2. The predicted octanol–water partition coefficient (Wildman–Crippen LogP) is 22.5. The first-order chi connectivity index (χ1) is 45.9. The summed E-state index contributed by atoms with van der Waals surface area (Å²) in [5, 5.41) is 0. The van der Waals surface area contributed by atoms with E-state index in [1.807, 2.05) is 31.0 Å². The van der Waals surface area contributed by atoms with Gasteiger partial charge in [-0.3, -0.25) is 24.9 Å². The Hall–Kier alpha value is -6.48. The van der Waals surface area contributed by atoms with Crippen molar-refractivity contribution in [3.8, 4) is 5.75 Å². The van der Waals surface area contributed by atoms with Crippen molar-refractivity contribution >= 4 is 11.8 Å². The summed E-state index contributed by atoms with van der Waals surface area (Å²) in [5.74, 6) is 11.7. The number of aromatic nitrogens is 5. The normalized spacial score (nSPS) is 24.5. The summed E-state index contributed by atoms with van der Waals surface area (Å²) in [4.78, 5) is 22.3. The first-order valence-electron chi connectivity index (χ1n) is 36.6. The lowest BCUT2D eigenvalue weighted by Crippen LogP contribution is -2.23. The zero-order valence-electron chi connectivity index (χ0n) is 62.6. The van der Waals surface area contributed by atoms with Crippen molar-refractivity contribution in [3.63, 3.8) is 0 Å². The number of fused-ring (bicyclic) bond motifs is 2. The van der Waals surface area contributed by atoms with Crippen molar-refractivity contribution in [3.05, 3.63) is 245 Å². The molecular formula is C88H117N5O2S. The van der Waals surface area contributed by atoms with Crippen molar-refractivity contribution in [2.24, 2.45) is 23.7 Å². The Balaban J connectivity index is 0.000000136. The molecule has 3 aromatic carbocycles. The monoisotopic (exact) mass is 1310 g/mol. The Morgan fingerprint density at radius 3 is 1.24 bits per heavy atom. The molecule has 96 heavy (non-hydrogen) atoms.